The smallest absolute Gasteiger partial charge is 0.409 e. The highest BCUT2D eigenvalue weighted by molar-refractivity contribution is 5.85. The zero-order chi connectivity index (χ0) is 25.2. The summed E-state index contributed by atoms with van der Waals surface area (Å²) in [6, 6.07) is 11.1. The summed E-state index contributed by atoms with van der Waals surface area (Å²) in [7, 11) is 0. The van der Waals surface area contributed by atoms with Crippen molar-refractivity contribution < 1.29 is 42.1 Å². The van der Waals surface area contributed by atoms with Crippen molar-refractivity contribution in [3.8, 4) is 11.1 Å². The van der Waals surface area contributed by atoms with Crippen LogP contribution in [0.15, 0.2) is 48.5 Å². The van der Waals surface area contributed by atoms with Crippen LogP contribution in [-0.2, 0) is 19.1 Å². The van der Waals surface area contributed by atoms with Gasteiger partial charge in [-0.1, -0.05) is 48.5 Å². The molecule has 8 nitrogen and oxygen atoms in total. The quantitative estimate of drug-likeness (QED) is 0.642. The van der Waals surface area contributed by atoms with Crippen LogP contribution < -0.4 is 5.32 Å². The highest BCUT2D eigenvalue weighted by Gasteiger charge is 2.44. The number of alkyl halides is 3. The van der Waals surface area contributed by atoms with Crippen LogP contribution in [0, 0.1) is 0 Å². The van der Waals surface area contributed by atoms with Gasteiger partial charge in [0, 0.05) is 12.5 Å². The third-order valence-electron chi connectivity index (χ3n) is 6.14. The highest BCUT2D eigenvalue weighted by atomic mass is 19.4. The maximum atomic E-state index is 13.6. The van der Waals surface area contributed by atoms with Gasteiger partial charge in [0.2, 0.25) is 5.91 Å². The molecule has 2 unspecified atom stereocenters. The SMILES string of the molecule is O=C(NC(CC(=O)N1CCOCC1C(=O)O)C(F)(F)F)OCC1c2ccccc2-c2ccccc21. The van der Waals surface area contributed by atoms with Crippen LogP contribution in [0.25, 0.3) is 11.1 Å². The molecule has 1 saturated heterocycles. The highest BCUT2D eigenvalue weighted by Crippen LogP contribution is 2.44. The average molecular weight is 492 g/mol. The Morgan fingerprint density at radius 3 is 2.26 bits per heavy atom. The van der Waals surface area contributed by atoms with Gasteiger partial charge >= 0.3 is 18.2 Å². The number of benzene rings is 2. The monoisotopic (exact) mass is 492 g/mol. The zero-order valence-corrected chi connectivity index (χ0v) is 18.5. The number of ether oxygens (including phenoxy) is 2. The normalized spacial score (nSPS) is 18.4. The molecule has 2 N–H and O–H groups in total. The first kappa shape index (κ1) is 24.5. The third kappa shape index (κ3) is 5.24. The number of carbonyl (C=O) groups excluding carboxylic acids is 2. The van der Waals surface area contributed by atoms with Crippen LogP contribution in [0.4, 0.5) is 18.0 Å². The summed E-state index contributed by atoms with van der Waals surface area (Å²) in [6.07, 6.45) is -7.43. The largest absolute Gasteiger partial charge is 0.480 e. The van der Waals surface area contributed by atoms with Crippen molar-refractivity contribution in [3.05, 3.63) is 59.7 Å². The van der Waals surface area contributed by atoms with Crippen molar-refractivity contribution >= 4 is 18.0 Å². The number of hydrogen-bond acceptors (Lipinski definition) is 5. The van der Waals surface area contributed by atoms with Gasteiger partial charge in [-0.15, -0.1) is 0 Å². The molecule has 2 amide bonds. The molecule has 1 fully saturated rings. The Hall–Kier alpha value is -3.60. The number of carboxylic acid groups (broad SMARTS) is 1. The summed E-state index contributed by atoms with van der Waals surface area (Å²) in [5.74, 6) is -2.78. The molecular weight excluding hydrogens is 469 g/mol. The number of hydrogen-bond donors (Lipinski definition) is 2. The second kappa shape index (κ2) is 9.95. The number of rotatable bonds is 6. The number of nitrogens with zero attached hydrogens (tertiary/aromatic N) is 1. The van der Waals surface area contributed by atoms with Crippen molar-refractivity contribution in [2.24, 2.45) is 0 Å². The van der Waals surface area contributed by atoms with E-state index < -0.39 is 42.7 Å². The van der Waals surface area contributed by atoms with Crippen LogP contribution in [0.1, 0.15) is 23.5 Å². The number of nitrogens with one attached hydrogen (secondary N) is 1. The second-order valence-electron chi connectivity index (χ2n) is 8.28. The van der Waals surface area contributed by atoms with Crippen LogP contribution in [-0.4, -0.2) is 72.6 Å². The van der Waals surface area contributed by atoms with E-state index in [1.165, 1.54) is 0 Å². The molecule has 35 heavy (non-hydrogen) atoms. The van der Waals surface area contributed by atoms with Gasteiger partial charge in [-0.2, -0.15) is 13.2 Å². The fourth-order valence-electron chi connectivity index (χ4n) is 4.43. The fourth-order valence-corrected chi connectivity index (χ4v) is 4.43. The predicted molar refractivity (Wildman–Crippen MR) is 117 cm³/mol. The first-order chi connectivity index (χ1) is 16.7. The Labute approximate surface area is 198 Å². The summed E-state index contributed by atoms with van der Waals surface area (Å²) >= 11 is 0. The number of carbonyl (C=O) groups is 3. The maximum Gasteiger partial charge on any atom is 0.409 e. The van der Waals surface area contributed by atoms with Gasteiger partial charge in [0.1, 0.15) is 12.6 Å². The number of alkyl carbamates (subject to hydrolysis) is 1. The molecule has 2 aliphatic rings. The Kier molecular flexibility index (Phi) is 6.97. The van der Waals surface area contributed by atoms with E-state index >= 15 is 0 Å². The van der Waals surface area contributed by atoms with Crippen LogP contribution in [0.3, 0.4) is 0 Å². The third-order valence-corrected chi connectivity index (χ3v) is 6.14. The van der Waals surface area contributed by atoms with Crippen molar-refractivity contribution in [3.63, 3.8) is 0 Å². The molecule has 0 radical (unpaired) electrons. The summed E-state index contributed by atoms with van der Waals surface area (Å²) in [6.45, 7) is -0.669. The first-order valence-electron chi connectivity index (χ1n) is 10.9. The van der Waals surface area contributed by atoms with Gasteiger partial charge in [-0.3, -0.25) is 4.79 Å². The summed E-state index contributed by atoms with van der Waals surface area (Å²) in [4.78, 5) is 37.0. The number of amides is 2. The number of morpholine rings is 1. The molecule has 0 aromatic heterocycles. The fraction of sp³-hybridized carbons (Fsp3) is 0.375. The van der Waals surface area contributed by atoms with Crippen molar-refractivity contribution in [2.45, 2.75) is 30.6 Å². The molecule has 1 heterocycles. The van der Waals surface area contributed by atoms with Crippen LogP contribution >= 0.6 is 0 Å². The van der Waals surface area contributed by atoms with Crippen LogP contribution in [0.5, 0.6) is 0 Å². The Balaban J connectivity index is 1.42. The van der Waals surface area contributed by atoms with E-state index in [9.17, 15) is 32.7 Å². The van der Waals surface area contributed by atoms with Gasteiger partial charge in [-0.25, -0.2) is 9.59 Å². The van der Waals surface area contributed by atoms with Crippen molar-refractivity contribution in [1.29, 1.82) is 0 Å². The van der Waals surface area contributed by atoms with Gasteiger partial charge in [0.05, 0.1) is 19.6 Å². The molecule has 11 heteroatoms. The van der Waals surface area contributed by atoms with E-state index in [0.717, 1.165) is 27.2 Å². The van der Waals surface area contributed by atoms with Crippen LogP contribution in [0.2, 0.25) is 0 Å². The zero-order valence-electron chi connectivity index (χ0n) is 18.5. The van der Waals surface area contributed by atoms with E-state index in [0.29, 0.717) is 0 Å². The minimum atomic E-state index is -4.95. The van der Waals surface area contributed by atoms with E-state index in [1.807, 2.05) is 48.5 Å². The molecule has 0 spiro atoms. The van der Waals surface area contributed by atoms with Crippen molar-refractivity contribution in [1.82, 2.24) is 10.2 Å². The summed E-state index contributed by atoms with van der Waals surface area (Å²) < 4.78 is 51.0. The first-order valence-corrected chi connectivity index (χ1v) is 10.9. The number of halogens is 3. The lowest BCUT2D eigenvalue weighted by Crippen LogP contribution is -2.55. The molecular formula is C24H23F3N2O6. The van der Waals surface area contributed by atoms with Gasteiger partial charge < -0.3 is 24.8 Å². The maximum absolute atomic E-state index is 13.6. The van der Waals surface area contributed by atoms with Crippen molar-refractivity contribution in [2.75, 3.05) is 26.4 Å². The van der Waals surface area contributed by atoms with E-state index in [1.54, 1.807) is 5.32 Å². The Morgan fingerprint density at radius 1 is 1.09 bits per heavy atom. The van der Waals surface area contributed by atoms with E-state index in [2.05, 4.69) is 0 Å². The minimum Gasteiger partial charge on any atom is -0.480 e. The van der Waals surface area contributed by atoms with E-state index in [-0.39, 0.29) is 32.3 Å². The average Bonchev–Trinajstić information content (AvgIpc) is 3.15. The molecule has 0 bridgehead atoms. The number of fused-ring (bicyclic) bond motifs is 3. The van der Waals surface area contributed by atoms with Gasteiger partial charge in [0.25, 0.3) is 0 Å². The minimum absolute atomic E-state index is 0.00596. The topological polar surface area (TPSA) is 105 Å². The molecule has 186 valence electrons. The number of carboxylic acids is 1. The molecule has 4 rings (SSSR count). The molecule has 0 saturated carbocycles. The molecule has 1 aliphatic carbocycles. The number of aliphatic carboxylic acids is 1. The molecule has 1 aliphatic heterocycles. The second-order valence-corrected chi connectivity index (χ2v) is 8.28. The summed E-state index contributed by atoms with van der Waals surface area (Å²) in [5, 5.41) is 11.0. The lowest BCUT2D eigenvalue weighted by molar-refractivity contribution is -0.169. The van der Waals surface area contributed by atoms with E-state index in [4.69, 9.17) is 9.47 Å². The Bertz CT molecular complexity index is 1080. The molecule has 2 aromatic carbocycles. The molecule has 2 atom stereocenters. The predicted octanol–water partition coefficient (Wildman–Crippen LogP) is 3.16. The lowest BCUT2D eigenvalue weighted by Gasteiger charge is -2.34. The summed E-state index contributed by atoms with van der Waals surface area (Å²) in [5.41, 5.74) is 3.73. The lowest BCUT2D eigenvalue weighted by atomic mass is 9.98. The van der Waals surface area contributed by atoms with Gasteiger partial charge in [0.15, 0.2) is 6.04 Å². The standard InChI is InChI=1S/C24H23F3N2O6/c25-24(26,27)20(11-21(30)29-9-10-34-13-19(29)22(31)32)28-23(33)35-12-18-16-7-3-1-5-14(16)15-6-2-4-8-17(15)18/h1-8,18-20H,9-13H2,(H,28,33)(H,31,32). The molecule has 2 aromatic rings. The Morgan fingerprint density at radius 2 is 1.69 bits per heavy atom. The van der Waals surface area contributed by atoms with Gasteiger partial charge in [-0.05, 0) is 22.3 Å².